The summed E-state index contributed by atoms with van der Waals surface area (Å²) >= 11 is 0. The van der Waals surface area contributed by atoms with Gasteiger partial charge in [-0.2, -0.15) is 0 Å². The fourth-order valence-corrected chi connectivity index (χ4v) is 3.07. The molecule has 1 amide bonds. The van der Waals surface area contributed by atoms with Gasteiger partial charge >= 0.3 is 0 Å². The number of hydrogen-bond acceptors (Lipinski definition) is 2. The van der Waals surface area contributed by atoms with E-state index in [4.69, 9.17) is 4.74 Å². The highest BCUT2D eigenvalue weighted by Gasteiger charge is 2.43. The Morgan fingerprint density at radius 2 is 2.28 bits per heavy atom. The second-order valence-electron chi connectivity index (χ2n) is 4.96. The SMILES string of the molecule is C=CC(=O)N1CCO[C@]2(CCc3ccccc32)C1. The summed E-state index contributed by atoms with van der Waals surface area (Å²) in [4.78, 5) is 13.6. The van der Waals surface area contributed by atoms with E-state index in [0.717, 1.165) is 12.8 Å². The second kappa shape index (κ2) is 4.25. The zero-order valence-electron chi connectivity index (χ0n) is 10.4. The molecule has 1 atom stereocenters. The first-order valence-corrected chi connectivity index (χ1v) is 6.39. The Labute approximate surface area is 107 Å². The van der Waals surface area contributed by atoms with E-state index in [0.29, 0.717) is 19.7 Å². The fourth-order valence-electron chi connectivity index (χ4n) is 3.07. The van der Waals surface area contributed by atoms with Gasteiger partial charge < -0.3 is 9.64 Å². The molecular formula is C15H17NO2. The lowest BCUT2D eigenvalue weighted by atomic mass is 9.93. The molecule has 0 saturated carbocycles. The molecule has 0 unspecified atom stereocenters. The summed E-state index contributed by atoms with van der Waals surface area (Å²) in [6.07, 6.45) is 3.39. The number of ether oxygens (including phenoxy) is 1. The number of carbonyl (C=O) groups is 1. The number of nitrogens with zero attached hydrogens (tertiary/aromatic N) is 1. The predicted octanol–water partition coefficient (Wildman–Crippen LogP) is 1.87. The van der Waals surface area contributed by atoms with Crippen molar-refractivity contribution in [2.24, 2.45) is 0 Å². The molecule has 1 aromatic rings. The molecule has 3 heteroatoms. The molecule has 3 rings (SSSR count). The zero-order chi connectivity index (χ0) is 12.6. The minimum absolute atomic E-state index is 0.00190. The highest BCUT2D eigenvalue weighted by Crippen LogP contribution is 2.42. The van der Waals surface area contributed by atoms with Gasteiger partial charge in [-0.05, 0) is 30.0 Å². The molecule has 18 heavy (non-hydrogen) atoms. The third kappa shape index (κ3) is 1.66. The van der Waals surface area contributed by atoms with Crippen molar-refractivity contribution in [3.05, 3.63) is 48.0 Å². The molecule has 0 aromatic heterocycles. The van der Waals surface area contributed by atoms with Crippen molar-refractivity contribution >= 4 is 5.91 Å². The van der Waals surface area contributed by atoms with Crippen molar-refractivity contribution in [3.63, 3.8) is 0 Å². The van der Waals surface area contributed by atoms with Gasteiger partial charge in [0, 0.05) is 6.54 Å². The van der Waals surface area contributed by atoms with Gasteiger partial charge in [0.2, 0.25) is 5.91 Å². The van der Waals surface area contributed by atoms with Crippen molar-refractivity contribution < 1.29 is 9.53 Å². The predicted molar refractivity (Wildman–Crippen MR) is 69.2 cm³/mol. The van der Waals surface area contributed by atoms with Crippen molar-refractivity contribution in [2.75, 3.05) is 19.7 Å². The Bertz CT molecular complexity index is 493. The van der Waals surface area contributed by atoms with Gasteiger partial charge in [-0.25, -0.2) is 0 Å². The van der Waals surface area contributed by atoms with E-state index >= 15 is 0 Å². The lowest BCUT2D eigenvalue weighted by Gasteiger charge is -2.40. The lowest BCUT2D eigenvalue weighted by Crippen LogP contribution is -2.50. The standard InChI is InChI=1S/C15H17NO2/c1-2-14(17)16-9-10-18-15(11-16)8-7-12-5-3-4-6-13(12)15/h2-6H,1,7-11H2/t15-/m1/s1. The molecule has 1 fully saturated rings. The monoisotopic (exact) mass is 243 g/mol. The Balaban J connectivity index is 1.92. The van der Waals surface area contributed by atoms with Crippen molar-refractivity contribution in [2.45, 2.75) is 18.4 Å². The molecule has 1 aromatic carbocycles. The number of amides is 1. The van der Waals surface area contributed by atoms with E-state index in [-0.39, 0.29) is 11.5 Å². The van der Waals surface area contributed by atoms with E-state index < -0.39 is 0 Å². The molecule has 3 nitrogen and oxygen atoms in total. The van der Waals surface area contributed by atoms with Crippen LogP contribution in [0.4, 0.5) is 0 Å². The maximum atomic E-state index is 11.8. The van der Waals surface area contributed by atoms with E-state index in [1.165, 1.54) is 17.2 Å². The van der Waals surface area contributed by atoms with Crippen LogP contribution in [-0.4, -0.2) is 30.5 Å². The third-order valence-corrected chi connectivity index (χ3v) is 3.98. The normalized spacial score (nSPS) is 26.1. The summed E-state index contributed by atoms with van der Waals surface area (Å²) in [5.74, 6) is 0.00190. The molecular weight excluding hydrogens is 226 g/mol. The van der Waals surface area contributed by atoms with Gasteiger partial charge in [0.05, 0.1) is 13.2 Å². The smallest absolute Gasteiger partial charge is 0.246 e. The highest BCUT2D eigenvalue weighted by molar-refractivity contribution is 5.87. The number of hydrogen-bond donors (Lipinski definition) is 0. The molecule has 0 radical (unpaired) electrons. The van der Waals surface area contributed by atoms with Gasteiger partial charge in [0.1, 0.15) is 5.60 Å². The summed E-state index contributed by atoms with van der Waals surface area (Å²) in [7, 11) is 0. The Kier molecular flexibility index (Phi) is 2.71. The van der Waals surface area contributed by atoms with Crippen LogP contribution in [0, 0.1) is 0 Å². The van der Waals surface area contributed by atoms with Crippen LogP contribution in [0.5, 0.6) is 0 Å². The minimum Gasteiger partial charge on any atom is -0.367 e. The van der Waals surface area contributed by atoms with Gasteiger partial charge in [0.25, 0.3) is 0 Å². The average molecular weight is 243 g/mol. The van der Waals surface area contributed by atoms with Gasteiger partial charge in [0.15, 0.2) is 0 Å². The molecule has 0 N–H and O–H groups in total. The van der Waals surface area contributed by atoms with Crippen molar-refractivity contribution in [1.82, 2.24) is 4.90 Å². The summed E-state index contributed by atoms with van der Waals surface area (Å²) in [6.45, 7) is 5.48. The first-order valence-electron chi connectivity index (χ1n) is 6.39. The van der Waals surface area contributed by atoms with Crippen LogP contribution in [0.3, 0.4) is 0 Å². The molecule has 94 valence electrons. The van der Waals surface area contributed by atoms with Crippen LogP contribution in [0.1, 0.15) is 17.5 Å². The summed E-state index contributed by atoms with van der Waals surface area (Å²) < 4.78 is 6.05. The molecule has 1 saturated heterocycles. The first kappa shape index (κ1) is 11.5. The third-order valence-electron chi connectivity index (χ3n) is 3.98. The number of carbonyl (C=O) groups excluding carboxylic acids is 1. The van der Waals surface area contributed by atoms with Crippen LogP contribution >= 0.6 is 0 Å². The largest absolute Gasteiger partial charge is 0.367 e. The van der Waals surface area contributed by atoms with Gasteiger partial charge in [-0.15, -0.1) is 0 Å². The maximum absolute atomic E-state index is 11.8. The van der Waals surface area contributed by atoms with E-state index in [2.05, 4.69) is 24.8 Å². The number of morpholine rings is 1. The van der Waals surface area contributed by atoms with Crippen LogP contribution in [0.25, 0.3) is 0 Å². The number of benzene rings is 1. The number of aryl methyl sites for hydroxylation is 1. The minimum atomic E-state index is -0.284. The van der Waals surface area contributed by atoms with E-state index in [1.807, 2.05) is 11.0 Å². The Morgan fingerprint density at radius 1 is 1.44 bits per heavy atom. The fraction of sp³-hybridized carbons (Fsp3) is 0.400. The molecule has 2 aliphatic rings. The summed E-state index contributed by atoms with van der Waals surface area (Å²) in [5, 5.41) is 0. The quantitative estimate of drug-likeness (QED) is 0.705. The summed E-state index contributed by atoms with van der Waals surface area (Å²) in [6, 6.07) is 8.39. The van der Waals surface area contributed by atoms with Crippen LogP contribution < -0.4 is 0 Å². The number of rotatable bonds is 1. The van der Waals surface area contributed by atoms with Crippen LogP contribution in [0.2, 0.25) is 0 Å². The van der Waals surface area contributed by atoms with Gasteiger partial charge in [-0.3, -0.25) is 4.79 Å². The molecule has 1 aliphatic carbocycles. The molecule has 1 aliphatic heterocycles. The highest BCUT2D eigenvalue weighted by atomic mass is 16.5. The molecule has 1 spiro atoms. The average Bonchev–Trinajstić information content (AvgIpc) is 2.77. The Morgan fingerprint density at radius 3 is 3.11 bits per heavy atom. The van der Waals surface area contributed by atoms with Crippen LogP contribution in [0.15, 0.2) is 36.9 Å². The van der Waals surface area contributed by atoms with E-state index in [9.17, 15) is 4.79 Å². The topological polar surface area (TPSA) is 29.5 Å². The number of fused-ring (bicyclic) bond motifs is 2. The van der Waals surface area contributed by atoms with Crippen LogP contribution in [-0.2, 0) is 21.6 Å². The second-order valence-corrected chi connectivity index (χ2v) is 4.96. The lowest BCUT2D eigenvalue weighted by molar-refractivity contribution is -0.147. The zero-order valence-corrected chi connectivity index (χ0v) is 10.4. The molecule has 1 heterocycles. The summed E-state index contributed by atoms with van der Waals surface area (Å²) in [5.41, 5.74) is 2.32. The molecule has 0 bridgehead atoms. The Hall–Kier alpha value is -1.61. The maximum Gasteiger partial charge on any atom is 0.246 e. The van der Waals surface area contributed by atoms with Crippen molar-refractivity contribution in [1.29, 1.82) is 0 Å². The first-order chi connectivity index (χ1) is 8.75. The van der Waals surface area contributed by atoms with Crippen molar-refractivity contribution in [3.8, 4) is 0 Å². The van der Waals surface area contributed by atoms with E-state index in [1.54, 1.807) is 0 Å². The van der Waals surface area contributed by atoms with Gasteiger partial charge in [-0.1, -0.05) is 30.8 Å².